The molecular formula is C10H9ClO2S. The fourth-order valence-electron chi connectivity index (χ4n) is 0.837. The molecule has 74 valence electrons. The van der Waals surface area contributed by atoms with Crippen molar-refractivity contribution in [3.8, 4) is 0 Å². The van der Waals surface area contributed by atoms with Crippen LogP contribution in [-0.2, 0) is 9.84 Å². The molecule has 0 aliphatic carbocycles. The van der Waals surface area contributed by atoms with Crippen LogP contribution < -0.4 is 0 Å². The molecule has 0 aromatic heterocycles. The lowest BCUT2D eigenvalue weighted by molar-refractivity contribution is 0.604. The topological polar surface area (TPSA) is 34.1 Å². The Morgan fingerprint density at radius 2 is 1.93 bits per heavy atom. The number of hydrogen-bond donors (Lipinski definition) is 0. The number of rotatable bonds is 2. The molecule has 14 heavy (non-hydrogen) atoms. The predicted octanol–water partition coefficient (Wildman–Crippen LogP) is 2.72. The lowest BCUT2D eigenvalue weighted by Gasteiger charge is -1.95. The van der Waals surface area contributed by atoms with Gasteiger partial charge in [-0.2, -0.15) is 0 Å². The van der Waals surface area contributed by atoms with E-state index in [0.29, 0.717) is 5.03 Å². The van der Waals surface area contributed by atoms with Gasteiger partial charge in [-0.05, 0) is 19.1 Å². The van der Waals surface area contributed by atoms with Gasteiger partial charge in [0.1, 0.15) is 0 Å². The van der Waals surface area contributed by atoms with Gasteiger partial charge in [-0.25, -0.2) is 8.42 Å². The first-order valence-electron chi connectivity index (χ1n) is 3.91. The molecule has 1 aromatic rings. The van der Waals surface area contributed by atoms with Crippen LogP contribution in [0, 0.1) is 0 Å². The smallest absolute Gasteiger partial charge is 0.207 e. The van der Waals surface area contributed by atoms with Crippen molar-refractivity contribution >= 4 is 21.4 Å². The lowest BCUT2D eigenvalue weighted by Crippen LogP contribution is -1.94. The fraction of sp³-hybridized carbons (Fsp3) is 0.100. The maximum atomic E-state index is 11.5. The molecule has 1 aromatic carbocycles. The molecule has 0 heterocycles. The second-order valence-corrected chi connectivity index (χ2v) is 5.02. The summed E-state index contributed by atoms with van der Waals surface area (Å²) >= 11 is 5.48. The first-order chi connectivity index (χ1) is 6.52. The van der Waals surface area contributed by atoms with Crippen LogP contribution in [0.3, 0.4) is 0 Å². The molecule has 0 amide bonds. The van der Waals surface area contributed by atoms with Crippen molar-refractivity contribution in [3.63, 3.8) is 0 Å². The third kappa shape index (κ3) is 3.04. The van der Waals surface area contributed by atoms with Gasteiger partial charge >= 0.3 is 0 Å². The SMILES string of the molecule is CC(Cl)=C=CS(=O)(=O)c1ccccc1. The Bertz CT molecular complexity index is 464. The Kier molecular flexibility index (Phi) is 3.53. The van der Waals surface area contributed by atoms with E-state index in [4.69, 9.17) is 11.6 Å². The summed E-state index contributed by atoms with van der Waals surface area (Å²) in [6.45, 7) is 1.57. The van der Waals surface area contributed by atoms with Crippen molar-refractivity contribution in [1.29, 1.82) is 0 Å². The van der Waals surface area contributed by atoms with Gasteiger partial charge in [0.05, 0.1) is 15.3 Å². The highest BCUT2D eigenvalue weighted by Gasteiger charge is 2.07. The van der Waals surface area contributed by atoms with Crippen LogP contribution >= 0.6 is 11.6 Å². The minimum absolute atomic E-state index is 0.241. The quantitative estimate of drug-likeness (QED) is 0.730. The van der Waals surface area contributed by atoms with Crippen LogP contribution in [0.2, 0.25) is 0 Å². The Hall–Kier alpha value is -1.02. The van der Waals surface area contributed by atoms with Gasteiger partial charge in [0.25, 0.3) is 0 Å². The molecule has 0 aliphatic heterocycles. The summed E-state index contributed by atoms with van der Waals surface area (Å²) in [6.07, 6.45) is 0. The number of halogens is 1. The normalized spacial score (nSPS) is 10.4. The van der Waals surface area contributed by atoms with E-state index < -0.39 is 9.84 Å². The molecule has 1 rings (SSSR count). The maximum absolute atomic E-state index is 11.5. The first-order valence-corrected chi connectivity index (χ1v) is 5.84. The molecule has 0 fully saturated rings. The molecule has 2 nitrogen and oxygen atoms in total. The van der Waals surface area contributed by atoms with Crippen molar-refractivity contribution in [2.45, 2.75) is 11.8 Å². The van der Waals surface area contributed by atoms with Crippen molar-refractivity contribution in [2.75, 3.05) is 0 Å². The fourth-order valence-corrected chi connectivity index (χ4v) is 1.96. The third-order valence-electron chi connectivity index (χ3n) is 1.48. The van der Waals surface area contributed by atoms with Crippen LogP contribution in [0.15, 0.2) is 51.4 Å². The van der Waals surface area contributed by atoms with Gasteiger partial charge in [-0.3, -0.25) is 0 Å². The number of benzene rings is 1. The van der Waals surface area contributed by atoms with Crippen molar-refractivity contribution in [2.24, 2.45) is 0 Å². The Balaban J connectivity index is 3.18. The zero-order valence-electron chi connectivity index (χ0n) is 7.57. The average Bonchev–Trinajstić information content (AvgIpc) is 2.16. The van der Waals surface area contributed by atoms with Crippen molar-refractivity contribution in [1.82, 2.24) is 0 Å². The minimum atomic E-state index is -3.40. The standard InChI is InChI=1S/C10H9ClO2S/c1-9(11)7-8-14(12,13)10-5-3-2-4-6-10/h2-6,8H,1H3. The molecule has 0 saturated heterocycles. The summed E-state index contributed by atoms with van der Waals surface area (Å²) in [4.78, 5) is 0.241. The summed E-state index contributed by atoms with van der Waals surface area (Å²) in [5.74, 6) is 0. The Morgan fingerprint density at radius 1 is 1.36 bits per heavy atom. The van der Waals surface area contributed by atoms with Crippen molar-refractivity contribution < 1.29 is 8.42 Å². The third-order valence-corrected chi connectivity index (χ3v) is 2.95. The number of hydrogen-bond acceptors (Lipinski definition) is 2. The van der Waals surface area contributed by atoms with Crippen LogP contribution in [0.25, 0.3) is 0 Å². The second-order valence-electron chi connectivity index (χ2n) is 2.65. The van der Waals surface area contributed by atoms with Crippen LogP contribution in [0.4, 0.5) is 0 Å². The lowest BCUT2D eigenvalue weighted by atomic mass is 10.4. The summed E-state index contributed by atoms with van der Waals surface area (Å²) in [5.41, 5.74) is 2.45. The van der Waals surface area contributed by atoms with Gasteiger partial charge in [-0.15, -0.1) is 0 Å². The highest BCUT2D eigenvalue weighted by molar-refractivity contribution is 7.94. The van der Waals surface area contributed by atoms with E-state index in [0.717, 1.165) is 5.41 Å². The van der Waals surface area contributed by atoms with E-state index in [9.17, 15) is 8.42 Å². The summed E-state index contributed by atoms with van der Waals surface area (Å²) in [5, 5.41) is 1.29. The van der Waals surface area contributed by atoms with E-state index in [-0.39, 0.29) is 4.90 Å². The summed E-state index contributed by atoms with van der Waals surface area (Å²) in [6, 6.07) is 8.13. The van der Waals surface area contributed by atoms with Crippen LogP contribution in [0.1, 0.15) is 6.92 Å². The molecule has 0 bridgehead atoms. The molecule has 0 N–H and O–H groups in total. The average molecular weight is 229 g/mol. The molecule has 0 unspecified atom stereocenters. The zero-order valence-corrected chi connectivity index (χ0v) is 9.14. The van der Waals surface area contributed by atoms with Gasteiger partial charge in [-0.1, -0.05) is 35.5 Å². The van der Waals surface area contributed by atoms with E-state index in [1.54, 1.807) is 25.1 Å². The summed E-state index contributed by atoms with van der Waals surface area (Å²) in [7, 11) is -3.40. The molecular weight excluding hydrogens is 220 g/mol. The van der Waals surface area contributed by atoms with E-state index in [2.05, 4.69) is 5.73 Å². The van der Waals surface area contributed by atoms with E-state index in [1.807, 2.05) is 0 Å². The molecule has 0 aliphatic rings. The van der Waals surface area contributed by atoms with Gasteiger partial charge in [0.2, 0.25) is 9.84 Å². The Morgan fingerprint density at radius 3 is 2.43 bits per heavy atom. The van der Waals surface area contributed by atoms with Gasteiger partial charge in [0, 0.05) is 0 Å². The van der Waals surface area contributed by atoms with Crippen LogP contribution in [0.5, 0.6) is 0 Å². The molecule has 4 heteroatoms. The van der Waals surface area contributed by atoms with E-state index >= 15 is 0 Å². The van der Waals surface area contributed by atoms with E-state index in [1.165, 1.54) is 12.1 Å². The maximum Gasteiger partial charge on any atom is 0.207 e. The van der Waals surface area contributed by atoms with Crippen LogP contribution in [-0.4, -0.2) is 8.42 Å². The highest BCUT2D eigenvalue weighted by atomic mass is 35.5. The molecule has 0 saturated carbocycles. The summed E-state index contributed by atoms with van der Waals surface area (Å²) < 4.78 is 23.1. The molecule has 0 radical (unpaired) electrons. The Labute approximate surface area is 88.4 Å². The largest absolute Gasteiger partial charge is 0.218 e. The molecule has 0 spiro atoms. The monoisotopic (exact) mass is 228 g/mol. The minimum Gasteiger partial charge on any atom is -0.218 e. The van der Waals surface area contributed by atoms with Gasteiger partial charge in [0.15, 0.2) is 0 Å². The molecule has 0 atom stereocenters. The second kappa shape index (κ2) is 4.47. The zero-order chi connectivity index (χ0) is 10.6. The number of allylic oxidation sites excluding steroid dienone is 1. The predicted molar refractivity (Wildman–Crippen MR) is 56.8 cm³/mol. The number of sulfone groups is 1. The van der Waals surface area contributed by atoms with Crippen molar-refractivity contribution in [3.05, 3.63) is 46.5 Å². The first kappa shape index (κ1) is 11.1. The highest BCUT2D eigenvalue weighted by Crippen LogP contribution is 2.11. The van der Waals surface area contributed by atoms with Gasteiger partial charge < -0.3 is 0 Å².